The smallest absolute Gasteiger partial charge is 0.264 e. The molecule has 1 amide bonds. The number of amides is 1. The van der Waals surface area contributed by atoms with Gasteiger partial charge >= 0.3 is 0 Å². The summed E-state index contributed by atoms with van der Waals surface area (Å²) in [6, 6.07) is 10.8. The number of benzene rings is 1. The van der Waals surface area contributed by atoms with Gasteiger partial charge in [0.25, 0.3) is 5.91 Å². The molecule has 2 aromatic rings. The highest BCUT2D eigenvalue weighted by Gasteiger charge is 2.33. The van der Waals surface area contributed by atoms with Gasteiger partial charge in [0.15, 0.2) is 0 Å². The van der Waals surface area contributed by atoms with Crippen molar-refractivity contribution in [2.45, 2.75) is 45.3 Å². The highest BCUT2D eigenvalue weighted by molar-refractivity contribution is 7.12. The van der Waals surface area contributed by atoms with Gasteiger partial charge < -0.3 is 9.64 Å². The fourth-order valence-corrected chi connectivity index (χ4v) is 4.87. The molecule has 4 nitrogen and oxygen atoms in total. The number of hydrogen-bond acceptors (Lipinski definition) is 4. The van der Waals surface area contributed by atoms with Crippen LogP contribution in [0.1, 0.15) is 53.4 Å². The third kappa shape index (κ3) is 4.19. The number of carbonyl (C=O) groups excluding carboxylic acids is 1. The summed E-state index contributed by atoms with van der Waals surface area (Å²) in [5.74, 6) is 1.57. The van der Waals surface area contributed by atoms with Crippen LogP contribution in [0, 0.1) is 0 Å². The molecule has 4 rings (SSSR count). The lowest BCUT2D eigenvalue weighted by molar-refractivity contribution is 0.0576. The topological polar surface area (TPSA) is 32.8 Å². The van der Waals surface area contributed by atoms with Crippen molar-refractivity contribution in [1.82, 2.24) is 9.80 Å². The lowest BCUT2D eigenvalue weighted by Crippen LogP contribution is -2.51. The molecule has 0 bridgehead atoms. The zero-order valence-electron chi connectivity index (χ0n) is 16.2. The molecular weight excluding hydrogens is 356 g/mol. The van der Waals surface area contributed by atoms with E-state index in [4.69, 9.17) is 4.74 Å². The van der Waals surface area contributed by atoms with Crippen LogP contribution >= 0.6 is 11.3 Å². The van der Waals surface area contributed by atoms with Gasteiger partial charge in [-0.15, -0.1) is 11.3 Å². The maximum Gasteiger partial charge on any atom is 0.264 e. The highest BCUT2D eigenvalue weighted by Crippen LogP contribution is 2.25. The van der Waals surface area contributed by atoms with Crippen molar-refractivity contribution in [2.75, 3.05) is 26.2 Å². The molecule has 1 atom stereocenters. The Morgan fingerprint density at radius 1 is 1.22 bits per heavy atom. The van der Waals surface area contributed by atoms with E-state index in [1.165, 1.54) is 36.3 Å². The van der Waals surface area contributed by atoms with Gasteiger partial charge in [-0.25, -0.2) is 0 Å². The SMILES string of the molecule is CC(C)c1ccc(OCc2csc(C(=O)N3CCN4CCCC4C3)c2)cc1. The van der Waals surface area contributed by atoms with E-state index in [2.05, 4.69) is 30.9 Å². The average molecular weight is 385 g/mol. The molecule has 0 aliphatic carbocycles. The number of ether oxygens (including phenoxy) is 1. The fourth-order valence-electron chi connectivity index (χ4n) is 4.01. The summed E-state index contributed by atoms with van der Waals surface area (Å²) in [6.07, 6.45) is 2.49. The molecule has 2 aliphatic heterocycles. The Bertz CT molecular complexity index is 784. The minimum Gasteiger partial charge on any atom is -0.489 e. The second kappa shape index (κ2) is 8.03. The van der Waals surface area contributed by atoms with Crippen molar-refractivity contribution in [3.05, 3.63) is 51.7 Å². The van der Waals surface area contributed by atoms with Gasteiger partial charge in [-0.3, -0.25) is 9.69 Å². The van der Waals surface area contributed by atoms with Crippen molar-refractivity contribution >= 4 is 17.2 Å². The lowest BCUT2D eigenvalue weighted by atomic mass is 10.0. The normalized spacial score (nSPS) is 20.1. The number of rotatable bonds is 5. The van der Waals surface area contributed by atoms with Crippen LogP contribution in [0.2, 0.25) is 0 Å². The molecule has 0 saturated carbocycles. The Hall–Kier alpha value is -1.85. The molecule has 3 heterocycles. The molecule has 0 N–H and O–H groups in total. The Kier molecular flexibility index (Phi) is 5.50. The van der Waals surface area contributed by atoms with Crippen LogP contribution in [-0.2, 0) is 6.61 Å². The summed E-state index contributed by atoms with van der Waals surface area (Å²) in [4.78, 5) is 18.2. The number of nitrogens with zero attached hydrogens (tertiary/aromatic N) is 2. The summed E-state index contributed by atoms with van der Waals surface area (Å²) < 4.78 is 5.90. The predicted octanol–water partition coefficient (Wildman–Crippen LogP) is 4.37. The molecule has 2 fully saturated rings. The molecule has 2 aliphatic rings. The van der Waals surface area contributed by atoms with Crippen LogP contribution in [0.5, 0.6) is 5.75 Å². The van der Waals surface area contributed by atoms with E-state index in [0.717, 1.165) is 35.8 Å². The predicted molar refractivity (Wildman–Crippen MR) is 110 cm³/mol. The molecule has 1 aromatic carbocycles. The number of fused-ring (bicyclic) bond motifs is 1. The molecule has 1 unspecified atom stereocenters. The van der Waals surface area contributed by atoms with Crippen molar-refractivity contribution in [3.63, 3.8) is 0 Å². The molecule has 0 radical (unpaired) electrons. The molecule has 0 spiro atoms. The molecule has 1 aromatic heterocycles. The standard InChI is InChI=1S/C22H28N2O2S/c1-16(2)18-5-7-20(8-6-18)26-14-17-12-21(27-15-17)22(25)24-11-10-23-9-3-4-19(23)13-24/h5-8,12,15-16,19H,3-4,9-11,13-14H2,1-2H3. The van der Waals surface area contributed by atoms with Crippen molar-refractivity contribution in [1.29, 1.82) is 0 Å². The van der Waals surface area contributed by atoms with Gasteiger partial charge in [-0.2, -0.15) is 0 Å². The van der Waals surface area contributed by atoms with Gasteiger partial charge in [0.05, 0.1) is 4.88 Å². The highest BCUT2D eigenvalue weighted by atomic mass is 32.1. The Morgan fingerprint density at radius 2 is 2.04 bits per heavy atom. The zero-order valence-corrected chi connectivity index (χ0v) is 17.0. The summed E-state index contributed by atoms with van der Waals surface area (Å²) in [6.45, 7) is 8.82. The van der Waals surface area contributed by atoms with Crippen LogP contribution < -0.4 is 4.74 Å². The summed E-state index contributed by atoms with van der Waals surface area (Å²) in [5, 5.41) is 2.04. The van der Waals surface area contributed by atoms with E-state index < -0.39 is 0 Å². The summed E-state index contributed by atoms with van der Waals surface area (Å²) in [5.41, 5.74) is 2.38. The van der Waals surface area contributed by atoms with E-state index in [0.29, 0.717) is 18.6 Å². The van der Waals surface area contributed by atoms with Crippen LogP contribution in [0.3, 0.4) is 0 Å². The van der Waals surface area contributed by atoms with E-state index in [1.807, 2.05) is 28.5 Å². The largest absolute Gasteiger partial charge is 0.489 e. The third-order valence-corrected chi connectivity index (χ3v) is 6.66. The summed E-state index contributed by atoms with van der Waals surface area (Å²) >= 11 is 1.53. The maximum atomic E-state index is 12.9. The number of carbonyl (C=O) groups is 1. The zero-order chi connectivity index (χ0) is 18.8. The number of hydrogen-bond donors (Lipinski definition) is 0. The van der Waals surface area contributed by atoms with Gasteiger partial charge in [0, 0.05) is 31.2 Å². The first-order chi connectivity index (χ1) is 13.1. The molecule has 2 saturated heterocycles. The van der Waals surface area contributed by atoms with Crippen LogP contribution in [0.25, 0.3) is 0 Å². The van der Waals surface area contributed by atoms with Crippen LogP contribution in [-0.4, -0.2) is 47.9 Å². The lowest BCUT2D eigenvalue weighted by Gasteiger charge is -2.37. The van der Waals surface area contributed by atoms with Crippen molar-refractivity contribution in [2.24, 2.45) is 0 Å². The van der Waals surface area contributed by atoms with E-state index >= 15 is 0 Å². The molecule has 144 valence electrons. The molecule has 27 heavy (non-hydrogen) atoms. The van der Waals surface area contributed by atoms with E-state index in [9.17, 15) is 4.79 Å². The Balaban J connectivity index is 1.33. The minimum atomic E-state index is 0.180. The second-order valence-electron chi connectivity index (χ2n) is 7.91. The number of piperazine rings is 1. The third-order valence-electron chi connectivity index (χ3n) is 5.69. The first-order valence-electron chi connectivity index (χ1n) is 9.93. The van der Waals surface area contributed by atoms with Crippen LogP contribution in [0.4, 0.5) is 0 Å². The maximum absolute atomic E-state index is 12.9. The van der Waals surface area contributed by atoms with E-state index in [-0.39, 0.29) is 5.91 Å². The minimum absolute atomic E-state index is 0.180. The molecular formula is C22H28N2O2S. The second-order valence-corrected chi connectivity index (χ2v) is 8.83. The van der Waals surface area contributed by atoms with Crippen LogP contribution in [0.15, 0.2) is 35.7 Å². The summed E-state index contributed by atoms with van der Waals surface area (Å²) in [7, 11) is 0. The first-order valence-corrected chi connectivity index (χ1v) is 10.8. The van der Waals surface area contributed by atoms with Gasteiger partial charge in [-0.05, 0) is 54.4 Å². The first kappa shape index (κ1) is 18.5. The van der Waals surface area contributed by atoms with Gasteiger partial charge in [0.2, 0.25) is 0 Å². The number of thiophene rings is 1. The average Bonchev–Trinajstić information content (AvgIpc) is 3.34. The van der Waals surface area contributed by atoms with Crippen molar-refractivity contribution < 1.29 is 9.53 Å². The van der Waals surface area contributed by atoms with Gasteiger partial charge in [-0.1, -0.05) is 26.0 Å². The quantitative estimate of drug-likeness (QED) is 0.767. The Labute approximate surface area is 165 Å². The van der Waals surface area contributed by atoms with Crippen molar-refractivity contribution in [3.8, 4) is 5.75 Å². The molecule has 5 heteroatoms. The Morgan fingerprint density at radius 3 is 2.81 bits per heavy atom. The fraction of sp³-hybridized carbons (Fsp3) is 0.500. The monoisotopic (exact) mass is 384 g/mol. The van der Waals surface area contributed by atoms with Gasteiger partial charge in [0.1, 0.15) is 12.4 Å². The van der Waals surface area contributed by atoms with E-state index in [1.54, 1.807) is 0 Å².